The van der Waals surface area contributed by atoms with E-state index in [9.17, 15) is 31.2 Å². The molecular formula is C24H17ClF3N3O4S. The molecule has 1 aliphatic heterocycles. The van der Waals surface area contributed by atoms with E-state index >= 15 is 0 Å². The lowest BCUT2D eigenvalue weighted by molar-refractivity contribution is -0.120. The number of urea groups is 1. The summed E-state index contributed by atoms with van der Waals surface area (Å²) in [5, 5.41) is 0.510. The Bertz CT molecular complexity index is 1490. The first kappa shape index (κ1) is 24.3. The molecule has 1 saturated heterocycles. The molecule has 2 aliphatic rings. The molecule has 36 heavy (non-hydrogen) atoms. The van der Waals surface area contributed by atoms with Crippen LogP contribution in [0.25, 0.3) is 11.3 Å². The number of carbonyl (C=O) groups excluding carboxylic acids is 2. The van der Waals surface area contributed by atoms with Crippen LogP contribution in [0.15, 0.2) is 71.8 Å². The van der Waals surface area contributed by atoms with Crippen molar-refractivity contribution in [3.05, 3.63) is 77.4 Å². The molecule has 5 rings (SSSR count). The number of imide groups is 1. The molecule has 0 atom stereocenters. The molecular weight excluding hydrogens is 519 g/mol. The van der Waals surface area contributed by atoms with Crippen LogP contribution < -0.4 is 4.90 Å². The maximum atomic E-state index is 13.3. The second-order valence-electron chi connectivity index (χ2n) is 8.51. The number of benzene rings is 2. The highest BCUT2D eigenvalue weighted by Gasteiger charge is 2.65. The summed E-state index contributed by atoms with van der Waals surface area (Å²) in [5.74, 6) is -0.501. The zero-order chi connectivity index (χ0) is 25.9. The highest BCUT2D eigenvalue weighted by atomic mass is 35.5. The molecule has 186 valence electrons. The summed E-state index contributed by atoms with van der Waals surface area (Å²) < 4.78 is 61.8. The van der Waals surface area contributed by atoms with Gasteiger partial charge < -0.3 is 4.90 Å². The Balaban J connectivity index is 1.43. The van der Waals surface area contributed by atoms with Gasteiger partial charge in [0.1, 0.15) is 5.54 Å². The third-order valence-corrected chi connectivity index (χ3v) is 8.12. The number of nitrogens with zero attached hydrogens (tertiary/aromatic N) is 3. The number of anilines is 1. The van der Waals surface area contributed by atoms with Gasteiger partial charge in [0.05, 0.1) is 16.3 Å². The lowest BCUT2D eigenvalue weighted by Gasteiger charge is -2.21. The van der Waals surface area contributed by atoms with Gasteiger partial charge in [-0.3, -0.25) is 9.78 Å². The first-order valence-corrected chi connectivity index (χ1v) is 12.6. The van der Waals surface area contributed by atoms with E-state index in [1.165, 1.54) is 4.90 Å². The van der Waals surface area contributed by atoms with E-state index in [2.05, 4.69) is 4.98 Å². The van der Waals surface area contributed by atoms with E-state index in [1.54, 1.807) is 30.5 Å². The topological polar surface area (TPSA) is 87.7 Å². The Kier molecular flexibility index (Phi) is 5.60. The molecule has 7 nitrogen and oxygen atoms in total. The summed E-state index contributed by atoms with van der Waals surface area (Å²) >= 11 is 6.27. The minimum atomic E-state index is -5.55. The average Bonchev–Trinajstić information content (AvgIpc) is 3.61. The maximum Gasteiger partial charge on any atom is 0.501 e. The van der Waals surface area contributed by atoms with Crippen LogP contribution in [0.1, 0.15) is 18.4 Å². The monoisotopic (exact) mass is 535 g/mol. The lowest BCUT2D eigenvalue weighted by Crippen LogP contribution is -2.36. The lowest BCUT2D eigenvalue weighted by atomic mass is 10.1. The number of aromatic nitrogens is 1. The summed E-state index contributed by atoms with van der Waals surface area (Å²) in [7, 11) is -5.55. The van der Waals surface area contributed by atoms with Crippen LogP contribution in [-0.4, -0.2) is 41.3 Å². The van der Waals surface area contributed by atoms with Crippen molar-refractivity contribution in [3.8, 4) is 11.3 Å². The van der Waals surface area contributed by atoms with Crippen LogP contribution >= 0.6 is 11.6 Å². The van der Waals surface area contributed by atoms with Crippen molar-refractivity contribution in [1.29, 1.82) is 0 Å². The molecule has 0 radical (unpaired) electrons. The van der Waals surface area contributed by atoms with Gasteiger partial charge in [0, 0.05) is 23.3 Å². The van der Waals surface area contributed by atoms with Crippen LogP contribution in [0.4, 0.5) is 23.7 Å². The molecule has 1 saturated carbocycles. The van der Waals surface area contributed by atoms with Crippen LogP contribution in [0, 0.1) is 0 Å². The number of halogens is 4. The van der Waals surface area contributed by atoms with Crippen LogP contribution in [0.3, 0.4) is 0 Å². The first-order chi connectivity index (χ1) is 17.0. The van der Waals surface area contributed by atoms with Gasteiger partial charge in [0.25, 0.3) is 15.7 Å². The number of hydrogen-bond donors (Lipinski definition) is 0. The van der Waals surface area contributed by atoms with Gasteiger partial charge in [0.2, 0.25) is 0 Å². The van der Waals surface area contributed by atoms with Gasteiger partial charge in [-0.2, -0.15) is 13.2 Å². The van der Waals surface area contributed by atoms with Gasteiger partial charge in [-0.25, -0.2) is 18.1 Å². The molecule has 1 aromatic heterocycles. The fourth-order valence-corrected chi connectivity index (χ4v) is 5.24. The Morgan fingerprint density at radius 2 is 1.67 bits per heavy atom. The Morgan fingerprint density at radius 3 is 2.28 bits per heavy atom. The third-order valence-electron chi connectivity index (χ3n) is 6.29. The summed E-state index contributed by atoms with van der Waals surface area (Å²) in [6.07, 6.45) is 2.46. The zero-order valence-electron chi connectivity index (χ0n) is 18.4. The Labute approximate surface area is 209 Å². The van der Waals surface area contributed by atoms with Gasteiger partial charge in [-0.15, -0.1) is 0 Å². The van der Waals surface area contributed by atoms with Crippen molar-refractivity contribution in [2.24, 2.45) is 0 Å². The molecule has 3 aromatic rings. The summed E-state index contributed by atoms with van der Waals surface area (Å²) in [6.45, 7) is 0.0988. The average molecular weight is 536 g/mol. The van der Waals surface area contributed by atoms with Gasteiger partial charge in [-0.05, 0) is 60.9 Å². The molecule has 1 spiro atoms. The molecule has 0 bridgehead atoms. The van der Waals surface area contributed by atoms with Crippen molar-refractivity contribution in [2.75, 3.05) is 4.90 Å². The normalized spacial score (nSPS) is 17.2. The second-order valence-corrected chi connectivity index (χ2v) is 10.9. The van der Waals surface area contributed by atoms with Crippen molar-refractivity contribution < 1.29 is 31.2 Å². The Morgan fingerprint density at radius 1 is 1.00 bits per heavy atom. The van der Waals surface area contributed by atoms with E-state index in [0.717, 1.165) is 29.2 Å². The molecule has 0 unspecified atom stereocenters. The number of sulfone groups is 1. The fourth-order valence-electron chi connectivity index (χ4n) is 4.24. The largest absolute Gasteiger partial charge is 0.501 e. The number of hydrogen-bond acceptors (Lipinski definition) is 5. The SMILES string of the molecule is O=C1N(c2ccc(S(=O)(=O)C(F)(F)F)cc2)C(=O)C2(CC2)N1Cc1ccnc(-c2ccccc2Cl)c1. The smallest absolute Gasteiger partial charge is 0.305 e. The number of pyridine rings is 1. The summed E-state index contributed by atoms with van der Waals surface area (Å²) in [5.41, 5.74) is -4.49. The molecule has 1 aliphatic carbocycles. The van der Waals surface area contributed by atoms with Gasteiger partial charge >= 0.3 is 11.5 Å². The van der Waals surface area contributed by atoms with Crippen molar-refractivity contribution in [2.45, 2.75) is 35.3 Å². The minimum absolute atomic E-state index is 0.00798. The molecule has 12 heteroatoms. The zero-order valence-corrected chi connectivity index (χ0v) is 19.9. The molecule has 0 N–H and O–H groups in total. The van der Waals surface area contributed by atoms with E-state index < -0.39 is 37.7 Å². The molecule has 3 amide bonds. The van der Waals surface area contributed by atoms with E-state index in [1.807, 2.05) is 12.1 Å². The highest BCUT2D eigenvalue weighted by Crippen LogP contribution is 2.50. The van der Waals surface area contributed by atoms with Crippen molar-refractivity contribution >= 4 is 39.1 Å². The number of rotatable bonds is 5. The van der Waals surface area contributed by atoms with Crippen LogP contribution in [0.5, 0.6) is 0 Å². The third kappa shape index (κ3) is 3.82. The van der Waals surface area contributed by atoms with E-state index in [0.29, 0.717) is 34.7 Å². The standard InChI is InChI=1S/C24H17ClF3N3O4S/c25-19-4-2-1-3-18(19)20-13-15(9-12-29-20)14-30-22(33)31(21(32)23(30)10-11-23)16-5-7-17(8-6-16)36(34,35)24(26,27)28/h1-9,12-13H,10-11,14H2. The maximum absolute atomic E-state index is 13.3. The second kappa shape index (κ2) is 8.31. The molecule has 2 aromatic carbocycles. The summed E-state index contributed by atoms with van der Waals surface area (Å²) in [4.78, 5) is 32.2. The predicted octanol–water partition coefficient (Wildman–Crippen LogP) is 5.20. The quantitative estimate of drug-likeness (QED) is 0.419. The van der Waals surface area contributed by atoms with Gasteiger partial charge in [-0.1, -0.05) is 29.8 Å². The fraction of sp³-hybridized carbons (Fsp3) is 0.208. The first-order valence-electron chi connectivity index (χ1n) is 10.7. The number of carbonyl (C=O) groups is 2. The minimum Gasteiger partial charge on any atom is -0.305 e. The molecule has 2 fully saturated rings. The van der Waals surface area contributed by atoms with Gasteiger partial charge in [0.15, 0.2) is 0 Å². The summed E-state index contributed by atoms with van der Waals surface area (Å²) in [6, 6.07) is 13.5. The van der Waals surface area contributed by atoms with E-state index in [4.69, 9.17) is 11.6 Å². The number of alkyl halides is 3. The van der Waals surface area contributed by atoms with Crippen LogP contribution in [0.2, 0.25) is 5.02 Å². The highest BCUT2D eigenvalue weighted by molar-refractivity contribution is 7.92. The Hall–Kier alpha value is -3.44. The van der Waals surface area contributed by atoms with Crippen molar-refractivity contribution in [3.63, 3.8) is 0 Å². The van der Waals surface area contributed by atoms with Crippen molar-refractivity contribution in [1.82, 2.24) is 9.88 Å². The van der Waals surface area contributed by atoms with E-state index in [-0.39, 0.29) is 12.2 Å². The molecule has 2 heterocycles. The van der Waals surface area contributed by atoms with Crippen LogP contribution in [-0.2, 0) is 21.2 Å². The number of amides is 3. The predicted molar refractivity (Wildman–Crippen MR) is 125 cm³/mol.